The molecular formula is C23H26FN5O3. The zero-order valence-corrected chi connectivity index (χ0v) is 18.1. The summed E-state index contributed by atoms with van der Waals surface area (Å²) in [5.41, 5.74) is 6.44. The highest BCUT2D eigenvalue weighted by molar-refractivity contribution is 6.05. The Morgan fingerprint density at radius 2 is 1.72 bits per heavy atom. The van der Waals surface area contributed by atoms with Crippen LogP contribution in [-0.4, -0.2) is 23.9 Å². The maximum atomic E-state index is 13.9. The van der Waals surface area contributed by atoms with Gasteiger partial charge in [-0.3, -0.25) is 9.59 Å². The molecule has 4 amide bonds. The fraction of sp³-hybridized carbons (Fsp3) is 0.304. The fourth-order valence-electron chi connectivity index (χ4n) is 3.11. The Hall–Kier alpha value is -3.93. The third-order valence-corrected chi connectivity index (χ3v) is 4.71. The van der Waals surface area contributed by atoms with Gasteiger partial charge in [0.05, 0.1) is 28.9 Å². The van der Waals surface area contributed by atoms with Crippen molar-refractivity contribution in [3.63, 3.8) is 0 Å². The number of amides is 4. The quantitative estimate of drug-likeness (QED) is 0.502. The molecule has 168 valence electrons. The number of nitrogens with one attached hydrogen (secondary N) is 3. The molecule has 32 heavy (non-hydrogen) atoms. The number of benzene rings is 2. The maximum Gasteiger partial charge on any atom is 0.312 e. The van der Waals surface area contributed by atoms with E-state index in [0.29, 0.717) is 12.0 Å². The SMILES string of the molecule is CC(C)C[C@H](NC(N)=O)C(=O)Nc1ccc(F)cc1C(=O)NC(C)c1ccc(C#N)cc1. The molecule has 0 aliphatic rings. The first-order valence-corrected chi connectivity index (χ1v) is 10.1. The summed E-state index contributed by atoms with van der Waals surface area (Å²) < 4.78 is 13.9. The van der Waals surface area contributed by atoms with Crippen molar-refractivity contribution in [1.82, 2.24) is 10.6 Å². The van der Waals surface area contributed by atoms with Gasteiger partial charge >= 0.3 is 6.03 Å². The van der Waals surface area contributed by atoms with Gasteiger partial charge in [-0.15, -0.1) is 0 Å². The van der Waals surface area contributed by atoms with Gasteiger partial charge in [0.25, 0.3) is 5.91 Å². The summed E-state index contributed by atoms with van der Waals surface area (Å²) in [6.45, 7) is 5.50. The summed E-state index contributed by atoms with van der Waals surface area (Å²) in [6, 6.07) is 9.94. The van der Waals surface area contributed by atoms with Crippen LogP contribution in [0.15, 0.2) is 42.5 Å². The molecule has 0 aliphatic carbocycles. The number of anilines is 1. The highest BCUT2D eigenvalue weighted by Crippen LogP contribution is 2.21. The van der Waals surface area contributed by atoms with Gasteiger partial charge in [-0.1, -0.05) is 26.0 Å². The van der Waals surface area contributed by atoms with Crippen LogP contribution in [0.3, 0.4) is 0 Å². The minimum absolute atomic E-state index is 0.0683. The van der Waals surface area contributed by atoms with Crippen LogP contribution in [0.2, 0.25) is 0 Å². The Balaban J connectivity index is 2.22. The lowest BCUT2D eigenvalue weighted by molar-refractivity contribution is -0.118. The molecule has 0 radical (unpaired) electrons. The van der Waals surface area contributed by atoms with Crippen molar-refractivity contribution in [2.45, 2.75) is 39.3 Å². The van der Waals surface area contributed by atoms with Gasteiger partial charge in [0.15, 0.2) is 0 Å². The molecule has 2 aromatic carbocycles. The number of hydrogen-bond acceptors (Lipinski definition) is 4. The largest absolute Gasteiger partial charge is 0.352 e. The van der Waals surface area contributed by atoms with E-state index in [1.807, 2.05) is 19.9 Å². The number of rotatable bonds is 8. The van der Waals surface area contributed by atoms with E-state index >= 15 is 0 Å². The average molecular weight is 439 g/mol. The second kappa shape index (κ2) is 10.9. The fourth-order valence-corrected chi connectivity index (χ4v) is 3.11. The molecule has 5 N–H and O–H groups in total. The van der Waals surface area contributed by atoms with E-state index in [9.17, 15) is 18.8 Å². The summed E-state index contributed by atoms with van der Waals surface area (Å²) in [7, 11) is 0. The summed E-state index contributed by atoms with van der Waals surface area (Å²) in [5.74, 6) is -1.73. The van der Waals surface area contributed by atoms with Gasteiger partial charge in [-0.25, -0.2) is 9.18 Å². The van der Waals surface area contributed by atoms with Gasteiger partial charge in [0.1, 0.15) is 11.9 Å². The van der Waals surface area contributed by atoms with Crippen molar-refractivity contribution in [1.29, 1.82) is 5.26 Å². The molecule has 0 fully saturated rings. The molecule has 2 aromatic rings. The molecule has 0 saturated carbocycles. The first-order valence-electron chi connectivity index (χ1n) is 10.1. The van der Waals surface area contributed by atoms with Crippen LogP contribution in [0.25, 0.3) is 0 Å². The number of nitrogens with zero attached hydrogens (tertiary/aromatic N) is 1. The number of halogens is 1. The standard InChI is InChI=1S/C23H26FN5O3/c1-13(2)10-20(29-23(26)32)22(31)28-19-9-8-17(24)11-18(19)21(30)27-14(3)16-6-4-15(12-25)5-7-16/h4-9,11,13-14,20H,10H2,1-3H3,(H,27,30)(H,28,31)(H3,26,29,32)/t14?,20-/m0/s1. The Morgan fingerprint density at radius 1 is 1.06 bits per heavy atom. The molecule has 2 atom stereocenters. The van der Waals surface area contributed by atoms with Crippen LogP contribution in [0.5, 0.6) is 0 Å². The van der Waals surface area contributed by atoms with Crippen LogP contribution in [0, 0.1) is 23.1 Å². The van der Waals surface area contributed by atoms with Gasteiger partial charge in [0.2, 0.25) is 5.91 Å². The van der Waals surface area contributed by atoms with Gasteiger partial charge in [0, 0.05) is 0 Å². The summed E-state index contributed by atoms with van der Waals surface area (Å²) >= 11 is 0. The smallest absolute Gasteiger partial charge is 0.312 e. The number of nitrogens with two attached hydrogens (primary N) is 1. The van der Waals surface area contributed by atoms with Crippen molar-refractivity contribution in [3.8, 4) is 6.07 Å². The minimum atomic E-state index is -0.911. The predicted octanol–water partition coefficient (Wildman–Crippen LogP) is 3.21. The van der Waals surface area contributed by atoms with Gasteiger partial charge in [-0.2, -0.15) is 5.26 Å². The first-order chi connectivity index (χ1) is 15.1. The van der Waals surface area contributed by atoms with Gasteiger partial charge < -0.3 is 21.7 Å². The molecule has 1 unspecified atom stereocenters. The van der Waals surface area contributed by atoms with Crippen LogP contribution in [0.4, 0.5) is 14.9 Å². The molecule has 0 bridgehead atoms. The molecule has 9 heteroatoms. The number of carbonyl (C=O) groups excluding carboxylic acids is 3. The van der Waals surface area contributed by atoms with Crippen LogP contribution in [-0.2, 0) is 4.79 Å². The molecule has 2 rings (SSSR count). The Labute approximate surface area is 186 Å². The third-order valence-electron chi connectivity index (χ3n) is 4.71. The molecule has 0 aliphatic heterocycles. The average Bonchev–Trinajstić information content (AvgIpc) is 2.73. The Kier molecular flexibility index (Phi) is 8.30. The number of urea groups is 1. The van der Waals surface area contributed by atoms with Crippen LogP contribution >= 0.6 is 0 Å². The van der Waals surface area contributed by atoms with Crippen LogP contribution in [0.1, 0.15) is 54.7 Å². The highest BCUT2D eigenvalue weighted by atomic mass is 19.1. The molecule has 0 saturated heterocycles. The molecular weight excluding hydrogens is 413 g/mol. The van der Waals surface area contributed by atoms with Gasteiger partial charge in [-0.05, 0) is 55.2 Å². The zero-order valence-electron chi connectivity index (χ0n) is 18.1. The van der Waals surface area contributed by atoms with Crippen molar-refractivity contribution < 1.29 is 18.8 Å². The second-order valence-corrected chi connectivity index (χ2v) is 7.80. The summed E-state index contributed by atoms with van der Waals surface area (Å²) in [6.07, 6.45) is 0.327. The van der Waals surface area contributed by atoms with E-state index in [1.165, 1.54) is 6.07 Å². The topological polar surface area (TPSA) is 137 Å². The molecule has 0 aromatic heterocycles. The summed E-state index contributed by atoms with van der Waals surface area (Å²) in [5, 5.41) is 16.6. The molecule has 8 nitrogen and oxygen atoms in total. The van der Waals surface area contributed by atoms with E-state index in [2.05, 4.69) is 16.0 Å². The highest BCUT2D eigenvalue weighted by Gasteiger charge is 2.24. The predicted molar refractivity (Wildman–Crippen MR) is 118 cm³/mol. The lowest BCUT2D eigenvalue weighted by Gasteiger charge is -2.21. The monoisotopic (exact) mass is 439 g/mol. The summed E-state index contributed by atoms with van der Waals surface area (Å²) in [4.78, 5) is 36.8. The second-order valence-electron chi connectivity index (χ2n) is 7.80. The van der Waals surface area contributed by atoms with E-state index in [4.69, 9.17) is 11.0 Å². The van der Waals surface area contributed by atoms with Crippen molar-refractivity contribution in [2.75, 3.05) is 5.32 Å². The minimum Gasteiger partial charge on any atom is -0.352 e. The first kappa shape index (κ1) is 24.3. The number of nitriles is 1. The lowest BCUT2D eigenvalue weighted by atomic mass is 10.0. The van der Waals surface area contributed by atoms with E-state index < -0.39 is 35.7 Å². The van der Waals surface area contributed by atoms with E-state index in [1.54, 1.807) is 31.2 Å². The normalized spacial score (nSPS) is 12.4. The molecule has 0 heterocycles. The van der Waals surface area contributed by atoms with Crippen molar-refractivity contribution >= 4 is 23.5 Å². The lowest BCUT2D eigenvalue weighted by Crippen LogP contribution is -2.47. The third kappa shape index (κ3) is 6.80. The van der Waals surface area contributed by atoms with Crippen molar-refractivity contribution in [3.05, 3.63) is 65.0 Å². The van der Waals surface area contributed by atoms with E-state index in [0.717, 1.165) is 17.7 Å². The number of primary amides is 1. The van der Waals surface area contributed by atoms with E-state index in [-0.39, 0.29) is 17.2 Å². The number of hydrogen-bond donors (Lipinski definition) is 4. The Bertz CT molecular complexity index is 1030. The Morgan fingerprint density at radius 3 is 2.28 bits per heavy atom. The van der Waals surface area contributed by atoms with Crippen LogP contribution < -0.4 is 21.7 Å². The molecule has 0 spiro atoms. The van der Waals surface area contributed by atoms with Crippen molar-refractivity contribution in [2.24, 2.45) is 11.7 Å². The zero-order chi connectivity index (χ0) is 23.8. The number of carbonyl (C=O) groups is 3. The maximum absolute atomic E-state index is 13.9.